The number of ether oxygens (including phenoxy) is 1. The van der Waals surface area contributed by atoms with Crippen molar-refractivity contribution in [2.45, 2.75) is 37.0 Å². The lowest BCUT2D eigenvalue weighted by molar-refractivity contribution is -0.115. The Balaban J connectivity index is 1.36. The van der Waals surface area contributed by atoms with E-state index in [4.69, 9.17) is 4.74 Å². The highest BCUT2D eigenvalue weighted by Crippen LogP contribution is 2.26. The van der Waals surface area contributed by atoms with Crippen LogP contribution >= 0.6 is 11.3 Å². The fraction of sp³-hybridized carbons (Fsp3) is 0.333. The number of hydrogen-bond donors (Lipinski definition) is 1. The minimum absolute atomic E-state index is 0.139. The number of hydrogen-bond acceptors (Lipinski definition) is 6. The number of carbonyl (C=O) groups excluding carboxylic acids is 1. The van der Waals surface area contributed by atoms with Crippen LogP contribution in [0, 0.1) is 0 Å². The molecule has 9 heteroatoms. The topological polar surface area (TPSA) is 88.6 Å². The van der Waals surface area contributed by atoms with Crippen LogP contribution in [-0.2, 0) is 21.2 Å². The van der Waals surface area contributed by atoms with Crippen molar-refractivity contribution in [2.75, 3.05) is 25.5 Å². The van der Waals surface area contributed by atoms with E-state index in [2.05, 4.69) is 10.3 Å². The van der Waals surface area contributed by atoms with Crippen molar-refractivity contribution in [3.8, 4) is 16.3 Å². The number of nitrogens with zero attached hydrogens (tertiary/aromatic N) is 2. The normalized spacial score (nSPS) is 15.1. The molecule has 1 amide bonds. The molecular formula is C24H27N3O4S2. The molecule has 4 rings (SSSR count). The Morgan fingerprint density at radius 1 is 1.03 bits per heavy atom. The number of benzene rings is 2. The Hall–Kier alpha value is -2.75. The summed E-state index contributed by atoms with van der Waals surface area (Å²) in [6.45, 7) is 1.12. The van der Waals surface area contributed by atoms with Crippen molar-refractivity contribution >= 4 is 33.0 Å². The summed E-state index contributed by atoms with van der Waals surface area (Å²) < 4.78 is 32.5. The van der Waals surface area contributed by atoms with Gasteiger partial charge in [-0.3, -0.25) is 4.79 Å². The summed E-state index contributed by atoms with van der Waals surface area (Å²) in [5, 5.41) is 5.53. The molecule has 1 saturated heterocycles. The van der Waals surface area contributed by atoms with Gasteiger partial charge < -0.3 is 10.1 Å². The van der Waals surface area contributed by atoms with Crippen molar-refractivity contribution in [2.24, 2.45) is 0 Å². The number of aromatic nitrogens is 1. The zero-order valence-electron chi connectivity index (χ0n) is 18.5. The lowest BCUT2D eigenvalue weighted by Crippen LogP contribution is -2.31. The fourth-order valence-corrected chi connectivity index (χ4v) is 6.11. The zero-order chi connectivity index (χ0) is 23.3. The maximum absolute atomic E-state index is 12.9. The Bertz CT molecular complexity index is 1180. The van der Waals surface area contributed by atoms with Crippen LogP contribution in [0.3, 0.4) is 0 Å². The first-order valence-electron chi connectivity index (χ1n) is 10.9. The van der Waals surface area contributed by atoms with Gasteiger partial charge in [-0.05, 0) is 61.4 Å². The summed E-state index contributed by atoms with van der Waals surface area (Å²) in [4.78, 5) is 17.3. The number of amides is 1. The molecular weight excluding hydrogens is 458 g/mol. The molecule has 1 aliphatic rings. The highest BCUT2D eigenvalue weighted by atomic mass is 32.2. The second-order valence-electron chi connectivity index (χ2n) is 7.94. The molecule has 0 atom stereocenters. The molecule has 7 nitrogen and oxygen atoms in total. The molecule has 0 bridgehead atoms. The molecule has 0 spiro atoms. The van der Waals surface area contributed by atoms with E-state index in [1.807, 2.05) is 29.6 Å². The van der Waals surface area contributed by atoms with Gasteiger partial charge in [0.05, 0.1) is 24.1 Å². The molecule has 33 heavy (non-hydrogen) atoms. The quantitative estimate of drug-likeness (QED) is 0.530. The molecule has 0 aliphatic carbocycles. The van der Waals surface area contributed by atoms with Gasteiger partial charge in [-0.25, -0.2) is 13.4 Å². The Morgan fingerprint density at radius 2 is 1.70 bits per heavy atom. The molecule has 0 saturated carbocycles. The lowest BCUT2D eigenvalue weighted by atomic mass is 10.2. The molecule has 1 aromatic heterocycles. The van der Waals surface area contributed by atoms with Crippen LogP contribution < -0.4 is 10.1 Å². The number of carbonyl (C=O) groups is 1. The average Bonchev–Trinajstić information content (AvgIpc) is 3.10. The SMILES string of the molecule is COc1ccc(-c2nc(CC(=O)Nc3ccc(S(=O)(=O)N4CCCCCC4)cc3)cs2)cc1. The second-order valence-corrected chi connectivity index (χ2v) is 10.7. The summed E-state index contributed by atoms with van der Waals surface area (Å²) in [5.41, 5.74) is 2.21. The molecule has 0 radical (unpaired) electrons. The van der Waals surface area contributed by atoms with Gasteiger partial charge in [0.25, 0.3) is 0 Å². The molecule has 0 unspecified atom stereocenters. The van der Waals surface area contributed by atoms with Crippen molar-refractivity contribution in [1.29, 1.82) is 0 Å². The van der Waals surface area contributed by atoms with E-state index in [1.54, 1.807) is 35.7 Å². The Labute approximate surface area is 198 Å². The number of nitrogens with one attached hydrogen (secondary N) is 1. The average molecular weight is 486 g/mol. The predicted octanol–water partition coefficient (Wildman–Crippen LogP) is 4.56. The highest BCUT2D eigenvalue weighted by Gasteiger charge is 2.25. The van der Waals surface area contributed by atoms with E-state index in [0.29, 0.717) is 24.5 Å². The third-order valence-corrected chi connectivity index (χ3v) is 8.42. The third-order valence-electron chi connectivity index (χ3n) is 5.57. The van der Waals surface area contributed by atoms with Gasteiger partial charge in [-0.1, -0.05) is 12.8 Å². The number of rotatable bonds is 7. The molecule has 1 aliphatic heterocycles. The number of anilines is 1. The van der Waals surface area contributed by atoms with E-state index in [9.17, 15) is 13.2 Å². The summed E-state index contributed by atoms with van der Waals surface area (Å²) >= 11 is 1.48. The summed E-state index contributed by atoms with van der Waals surface area (Å²) in [5.74, 6) is 0.574. The first-order valence-corrected chi connectivity index (χ1v) is 13.3. The third kappa shape index (κ3) is 5.79. The Kier molecular flexibility index (Phi) is 7.42. The van der Waals surface area contributed by atoms with Crippen LogP contribution in [0.4, 0.5) is 5.69 Å². The van der Waals surface area contributed by atoms with E-state index in [0.717, 1.165) is 42.0 Å². The van der Waals surface area contributed by atoms with Gasteiger partial charge >= 0.3 is 0 Å². The van der Waals surface area contributed by atoms with Crippen LogP contribution in [-0.4, -0.2) is 43.8 Å². The number of thiazole rings is 1. The van der Waals surface area contributed by atoms with Crippen molar-refractivity contribution in [3.05, 3.63) is 59.6 Å². The number of methoxy groups -OCH3 is 1. The van der Waals surface area contributed by atoms with Gasteiger partial charge in [-0.15, -0.1) is 11.3 Å². The van der Waals surface area contributed by atoms with Gasteiger partial charge in [0, 0.05) is 29.7 Å². The van der Waals surface area contributed by atoms with Crippen LogP contribution in [0.5, 0.6) is 5.75 Å². The lowest BCUT2D eigenvalue weighted by Gasteiger charge is -2.20. The minimum atomic E-state index is -3.50. The molecule has 3 aromatic rings. The summed E-state index contributed by atoms with van der Waals surface area (Å²) in [6, 6.07) is 14.0. The molecule has 1 N–H and O–H groups in total. The van der Waals surface area contributed by atoms with E-state index >= 15 is 0 Å². The highest BCUT2D eigenvalue weighted by molar-refractivity contribution is 7.89. The van der Waals surface area contributed by atoms with Crippen molar-refractivity contribution in [3.63, 3.8) is 0 Å². The number of sulfonamides is 1. The molecule has 2 aromatic carbocycles. The van der Waals surface area contributed by atoms with Gasteiger partial charge in [0.1, 0.15) is 10.8 Å². The van der Waals surface area contributed by atoms with E-state index in [-0.39, 0.29) is 17.2 Å². The molecule has 1 fully saturated rings. The Morgan fingerprint density at radius 3 is 2.33 bits per heavy atom. The molecule has 2 heterocycles. The predicted molar refractivity (Wildman–Crippen MR) is 130 cm³/mol. The first kappa shape index (κ1) is 23.4. The second kappa shape index (κ2) is 10.5. The van der Waals surface area contributed by atoms with Crippen molar-refractivity contribution < 1.29 is 17.9 Å². The van der Waals surface area contributed by atoms with Crippen LogP contribution in [0.25, 0.3) is 10.6 Å². The van der Waals surface area contributed by atoms with Gasteiger partial charge in [0.15, 0.2) is 0 Å². The zero-order valence-corrected chi connectivity index (χ0v) is 20.1. The maximum Gasteiger partial charge on any atom is 0.243 e. The summed E-state index contributed by atoms with van der Waals surface area (Å²) in [7, 11) is -1.88. The monoisotopic (exact) mass is 485 g/mol. The first-order chi connectivity index (χ1) is 16.0. The van der Waals surface area contributed by atoms with Gasteiger partial charge in [0.2, 0.25) is 15.9 Å². The van der Waals surface area contributed by atoms with Crippen LogP contribution in [0.15, 0.2) is 58.8 Å². The largest absolute Gasteiger partial charge is 0.497 e. The standard InChI is InChI=1S/C24H27N3O4S2/c1-31-21-10-6-18(7-11-21)24-26-20(17-32-24)16-23(28)25-19-8-12-22(13-9-19)33(29,30)27-14-4-2-3-5-15-27/h6-13,17H,2-5,14-16H2,1H3,(H,25,28). The van der Waals surface area contributed by atoms with Crippen molar-refractivity contribution in [1.82, 2.24) is 9.29 Å². The van der Waals surface area contributed by atoms with Crippen LogP contribution in [0.1, 0.15) is 31.4 Å². The molecule has 174 valence electrons. The van der Waals surface area contributed by atoms with Crippen LogP contribution in [0.2, 0.25) is 0 Å². The maximum atomic E-state index is 12.9. The summed E-state index contributed by atoms with van der Waals surface area (Å²) in [6.07, 6.45) is 4.06. The van der Waals surface area contributed by atoms with E-state index < -0.39 is 10.0 Å². The van der Waals surface area contributed by atoms with Gasteiger partial charge in [-0.2, -0.15) is 4.31 Å². The van der Waals surface area contributed by atoms with E-state index in [1.165, 1.54) is 11.3 Å². The smallest absolute Gasteiger partial charge is 0.243 e. The minimum Gasteiger partial charge on any atom is -0.497 e. The fourth-order valence-electron chi connectivity index (χ4n) is 3.77.